The Balaban J connectivity index is 0.000000640. The lowest BCUT2D eigenvalue weighted by Crippen LogP contribution is -2.24. The quantitative estimate of drug-likeness (QED) is 0.652. The highest BCUT2D eigenvalue weighted by molar-refractivity contribution is 5.85. The smallest absolute Gasteiger partial charge is 0.0592 e. The molecule has 0 bridgehead atoms. The zero-order valence-electron chi connectivity index (χ0n) is 5.51. The van der Waals surface area contributed by atoms with E-state index in [1.54, 1.807) is 0 Å². The Kier molecular flexibility index (Phi) is 5.15. The molecule has 0 atom stereocenters. The molecule has 0 aromatic rings. The van der Waals surface area contributed by atoms with Crippen molar-refractivity contribution >= 4 is 12.4 Å². The van der Waals surface area contributed by atoms with Crippen molar-refractivity contribution in [1.29, 1.82) is 0 Å². The van der Waals surface area contributed by atoms with Crippen LogP contribution in [0.1, 0.15) is 19.3 Å². The third-order valence-corrected chi connectivity index (χ3v) is 1.52. The second-order valence-electron chi connectivity index (χ2n) is 2.21. The van der Waals surface area contributed by atoms with Crippen molar-refractivity contribution < 1.29 is 4.74 Å². The first-order chi connectivity index (χ1) is 3.93. The molecule has 0 aromatic carbocycles. The molecule has 0 spiro atoms. The van der Waals surface area contributed by atoms with Gasteiger partial charge in [-0.3, -0.25) is 0 Å². The van der Waals surface area contributed by atoms with Crippen molar-refractivity contribution in [3.63, 3.8) is 0 Å². The van der Waals surface area contributed by atoms with Gasteiger partial charge in [0.2, 0.25) is 0 Å². The first-order valence-corrected chi connectivity index (χ1v) is 3.25. The fourth-order valence-corrected chi connectivity index (χ4v) is 0.772. The van der Waals surface area contributed by atoms with Crippen LogP contribution in [0.2, 0.25) is 0 Å². The Morgan fingerprint density at radius 3 is 2.44 bits per heavy atom. The second-order valence-corrected chi connectivity index (χ2v) is 2.21. The highest BCUT2D eigenvalue weighted by Gasteiger charge is 2.16. The molecule has 1 rings (SSSR count). The second kappa shape index (κ2) is 5.03. The summed E-state index contributed by atoms with van der Waals surface area (Å²) < 4.78 is 5.30. The minimum Gasteiger partial charge on any atom is -0.377 e. The maximum atomic E-state index is 5.30. The first-order valence-electron chi connectivity index (χ1n) is 3.25. The van der Waals surface area contributed by atoms with Gasteiger partial charge in [0.05, 0.1) is 12.7 Å². The largest absolute Gasteiger partial charge is 0.377 e. The lowest BCUT2D eigenvalue weighted by molar-refractivity contribution is 0.00685. The molecule has 0 unspecified atom stereocenters. The van der Waals surface area contributed by atoms with Gasteiger partial charge >= 0.3 is 0 Å². The molecule has 0 aromatic heterocycles. The number of nitrogens with two attached hydrogens (primary N) is 1. The minimum atomic E-state index is 0. The Hall–Kier alpha value is 0.210. The Morgan fingerprint density at radius 1 is 1.44 bits per heavy atom. The van der Waals surface area contributed by atoms with Gasteiger partial charge in [-0.2, -0.15) is 0 Å². The predicted molar refractivity (Wildman–Crippen MR) is 39.9 cm³/mol. The zero-order valence-corrected chi connectivity index (χ0v) is 6.32. The molecule has 3 heteroatoms. The van der Waals surface area contributed by atoms with Crippen molar-refractivity contribution in [1.82, 2.24) is 0 Å². The Labute approximate surface area is 62.2 Å². The van der Waals surface area contributed by atoms with Crippen LogP contribution in [0.4, 0.5) is 0 Å². The third-order valence-electron chi connectivity index (χ3n) is 1.52. The molecule has 0 radical (unpaired) electrons. The molecule has 1 saturated carbocycles. The van der Waals surface area contributed by atoms with Gasteiger partial charge in [-0.25, -0.2) is 0 Å². The Bertz CT molecular complexity index is 66.1. The number of rotatable bonds is 3. The monoisotopic (exact) mass is 151 g/mol. The molecule has 0 amide bonds. The SMILES string of the molecule is Cl.NCCOC1CCC1. The van der Waals surface area contributed by atoms with Crippen molar-refractivity contribution in [3.8, 4) is 0 Å². The van der Waals surface area contributed by atoms with E-state index in [4.69, 9.17) is 10.5 Å². The lowest BCUT2D eigenvalue weighted by atomic mass is 9.96. The molecule has 0 saturated heterocycles. The summed E-state index contributed by atoms with van der Waals surface area (Å²) in [6, 6.07) is 0. The van der Waals surface area contributed by atoms with E-state index in [1.165, 1.54) is 19.3 Å². The number of hydrogen-bond acceptors (Lipinski definition) is 2. The first kappa shape index (κ1) is 9.21. The summed E-state index contributed by atoms with van der Waals surface area (Å²) in [6.45, 7) is 1.40. The highest BCUT2D eigenvalue weighted by Crippen LogP contribution is 2.21. The summed E-state index contributed by atoms with van der Waals surface area (Å²) in [4.78, 5) is 0. The van der Waals surface area contributed by atoms with Crippen molar-refractivity contribution in [2.24, 2.45) is 5.73 Å². The lowest BCUT2D eigenvalue weighted by Gasteiger charge is -2.24. The van der Waals surface area contributed by atoms with Gasteiger partial charge in [0.15, 0.2) is 0 Å². The van der Waals surface area contributed by atoms with Gasteiger partial charge in [0, 0.05) is 6.54 Å². The topological polar surface area (TPSA) is 35.2 Å². The predicted octanol–water partition coefficient (Wildman–Crippen LogP) is 0.936. The summed E-state index contributed by atoms with van der Waals surface area (Å²) >= 11 is 0. The average Bonchev–Trinajstić information content (AvgIpc) is 1.63. The van der Waals surface area contributed by atoms with Crippen molar-refractivity contribution in [2.75, 3.05) is 13.2 Å². The van der Waals surface area contributed by atoms with Crippen molar-refractivity contribution in [2.45, 2.75) is 25.4 Å². The van der Waals surface area contributed by atoms with Crippen LogP contribution in [0.25, 0.3) is 0 Å². The fraction of sp³-hybridized carbons (Fsp3) is 1.00. The molecule has 0 heterocycles. The molecule has 0 aliphatic heterocycles. The highest BCUT2D eigenvalue weighted by atomic mass is 35.5. The van der Waals surface area contributed by atoms with Gasteiger partial charge in [-0.15, -0.1) is 12.4 Å². The molecular formula is C6H14ClNO. The summed E-state index contributed by atoms with van der Waals surface area (Å²) in [6.07, 6.45) is 4.40. The molecule has 1 aliphatic rings. The normalized spacial score (nSPS) is 18.3. The summed E-state index contributed by atoms with van der Waals surface area (Å²) in [5, 5.41) is 0. The van der Waals surface area contributed by atoms with E-state index in [1.807, 2.05) is 0 Å². The summed E-state index contributed by atoms with van der Waals surface area (Å²) in [5.41, 5.74) is 5.23. The third kappa shape index (κ3) is 3.04. The molecule has 1 aliphatic carbocycles. The number of halogens is 1. The standard InChI is InChI=1S/C6H13NO.ClH/c7-4-5-8-6-2-1-3-6;/h6H,1-5,7H2;1H. The van der Waals surface area contributed by atoms with Gasteiger partial charge in [-0.1, -0.05) is 0 Å². The summed E-state index contributed by atoms with van der Waals surface area (Å²) in [5.74, 6) is 0. The van der Waals surface area contributed by atoms with Crippen LogP contribution in [0.5, 0.6) is 0 Å². The molecule has 9 heavy (non-hydrogen) atoms. The fourth-order valence-electron chi connectivity index (χ4n) is 0.772. The number of hydrogen-bond donors (Lipinski definition) is 1. The van der Waals surface area contributed by atoms with Gasteiger partial charge in [-0.05, 0) is 19.3 Å². The van der Waals surface area contributed by atoms with Gasteiger partial charge in [0.25, 0.3) is 0 Å². The molecule has 2 nitrogen and oxygen atoms in total. The van der Waals surface area contributed by atoms with Crippen LogP contribution in [0, 0.1) is 0 Å². The van der Waals surface area contributed by atoms with E-state index >= 15 is 0 Å². The van der Waals surface area contributed by atoms with Crippen LogP contribution < -0.4 is 5.73 Å². The molecule has 1 fully saturated rings. The zero-order chi connectivity index (χ0) is 5.82. The minimum absolute atomic E-state index is 0. The van der Waals surface area contributed by atoms with E-state index in [0.717, 1.165) is 6.61 Å². The van der Waals surface area contributed by atoms with Crippen LogP contribution in [0.15, 0.2) is 0 Å². The number of ether oxygens (including phenoxy) is 1. The van der Waals surface area contributed by atoms with Crippen LogP contribution in [-0.2, 0) is 4.74 Å². The molecule has 56 valence electrons. The maximum Gasteiger partial charge on any atom is 0.0592 e. The van der Waals surface area contributed by atoms with Crippen LogP contribution in [-0.4, -0.2) is 19.3 Å². The van der Waals surface area contributed by atoms with E-state index in [0.29, 0.717) is 12.6 Å². The van der Waals surface area contributed by atoms with Crippen LogP contribution in [0.3, 0.4) is 0 Å². The van der Waals surface area contributed by atoms with E-state index in [2.05, 4.69) is 0 Å². The van der Waals surface area contributed by atoms with E-state index < -0.39 is 0 Å². The van der Waals surface area contributed by atoms with Crippen LogP contribution >= 0.6 is 12.4 Å². The molecular weight excluding hydrogens is 138 g/mol. The van der Waals surface area contributed by atoms with Gasteiger partial charge in [0.1, 0.15) is 0 Å². The van der Waals surface area contributed by atoms with E-state index in [9.17, 15) is 0 Å². The summed E-state index contributed by atoms with van der Waals surface area (Å²) in [7, 11) is 0. The maximum absolute atomic E-state index is 5.30. The Morgan fingerprint density at radius 2 is 2.11 bits per heavy atom. The van der Waals surface area contributed by atoms with E-state index in [-0.39, 0.29) is 12.4 Å². The van der Waals surface area contributed by atoms with Crippen molar-refractivity contribution in [3.05, 3.63) is 0 Å². The van der Waals surface area contributed by atoms with Gasteiger partial charge < -0.3 is 10.5 Å². The average molecular weight is 152 g/mol. The molecule has 2 N–H and O–H groups in total.